The maximum atomic E-state index is 11.8. The van der Waals surface area contributed by atoms with Crippen molar-refractivity contribution < 1.29 is 14.3 Å². The quantitative estimate of drug-likeness (QED) is 0.495. The molecule has 1 fully saturated rings. The molecule has 0 spiro atoms. The van der Waals surface area contributed by atoms with Gasteiger partial charge < -0.3 is 4.74 Å². The predicted octanol–water partition coefficient (Wildman–Crippen LogP) is 3.90. The molecule has 0 unspecified atom stereocenters. The van der Waals surface area contributed by atoms with E-state index in [9.17, 15) is 9.59 Å². The molecule has 0 aromatic heterocycles. The van der Waals surface area contributed by atoms with Crippen LogP contribution in [0.25, 0.3) is 0 Å². The maximum Gasteiger partial charge on any atom is 0.305 e. The highest BCUT2D eigenvalue weighted by Crippen LogP contribution is 2.30. The van der Waals surface area contributed by atoms with Crippen LogP contribution in [-0.4, -0.2) is 18.4 Å². The Balaban J connectivity index is 2.04. The van der Waals surface area contributed by atoms with Crippen LogP contribution in [0.4, 0.5) is 0 Å². The molecule has 0 aromatic rings. The van der Waals surface area contributed by atoms with Crippen LogP contribution in [0.2, 0.25) is 0 Å². The Kier molecular flexibility index (Phi) is 7.76. The molecule has 1 rings (SSSR count). The molecule has 3 heteroatoms. The van der Waals surface area contributed by atoms with E-state index < -0.39 is 0 Å². The molecule has 3 nitrogen and oxygen atoms in total. The van der Waals surface area contributed by atoms with Crippen molar-refractivity contribution in [2.24, 2.45) is 11.8 Å². The van der Waals surface area contributed by atoms with Crippen LogP contribution in [-0.2, 0) is 14.3 Å². The lowest BCUT2D eigenvalue weighted by Crippen LogP contribution is -2.26. The predicted molar refractivity (Wildman–Crippen MR) is 75.8 cm³/mol. The second-order valence-corrected chi connectivity index (χ2v) is 5.70. The zero-order chi connectivity index (χ0) is 14.1. The number of ether oxygens (including phenoxy) is 1. The molecule has 0 N–H and O–H groups in total. The number of rotatable bonds is 8. The van der Waals surface area contributed by atoms with Gasteiger partial charge in [-0.1, -0.05) is 26.2 Å². The highest BCUT2D eigenvalue weighted by Gasteiger charge is 2.27. The van der Waals surface area contributed by atoms with Crippen molar-refractivity contribution in [3.05, 3.63) is 0 Å². The molecule has 1 aliphatic rings. The number of unbranched alkanes of at least 4 members (excludes halogenated alkanes) is 3. The van der Waals surface area contributed by atoms with E-state index in [1.165, 1.54) is 6.42 Å². The first-order valence-electron chi connectivity index (χ1n) is 7.83. The number of ketones is 1. The fourth-order valence-electron chi connectivity index (χ4n) is 2.97. The topological polar surface area (TPSA) is 43.4 Å². The van der Waals surface area contributed by atoms with Crippen LogP contribution in [0, 0.1) is 11.8 Å². The molecular formula is C16H28O3. The van der Waals surface area contributed by atoms with Crippen molar-refractivity contribution in [2.75, 3.05) is 6.61 Å². The third-order valence-corrected chi connectivity index (χ3v) is 4.13. The van der Waals surface area contributed by atoms with Gasteiger partial charge in [0.15, 0.2) is 0 Å². The molecule has 0 saturated heterocycles. The van der Waals surface area contributed by atoms with E-state index in [-0.39, 0.29) is 5.97 Å². The summed E-state index contributed by atoms with van der Waals surface area (Å²) in [6.07, 6.45) is 8.86. The molecular weight excluding hydrogens is 240 g/mol. The van der Waals surface area contributed by atoms with E-state index >= 15 is 0 Å². The molecule has 1 saturated carbocycles. The second kappa shape index (κ2) is 9.11. The average molecular weight is 268 g/mol. The first kappa shape index (κ1) is 16.2. The molecule has 0 radical (unpaired) electrons. The first-order chi connectivity index (χ1) is 9.15. The molecule has 110 valence electrons. The van der Waals surface area contributed by atoms with Crippen molar-refractivity contribution in [2.45, 2.75) is 71.6 Å². The Morgan fingerprint density at radius 3 is 2.68 bits per heavy atom. The fourth-order valence-corrected chi connectivity index (χ4v) is 2.97. The lowest BCUT2D eigenvalue weighted by Gasteiger charge is -2.27. The van der Waals surface area contributed by atoms with Crippen molar-refractivity contribution in [3.8, 4) is 0 Å². The number of esters is 1. The zero-order valence-electron chi connectivity index (χ0n) is 12.5. The van der Waals surface area contributed by atoms with Crippen LogP contribution >= 0.6 is 0 Å². The highest BCUT2D eigenvalue weighted by atomic mass is 16.5. The van der Waals surface area contributed by atoms with Crippen LogP contribution < -0.4 is 0 Å². The van der Waals surface area contributed by atoms with E-state index in [2.05, 4.69) is 6.92 Å². The highest BCUT2D eigenvalue weighted by molar-refractivity contribution is 5.81. The largest absolute Gasteiger partial charge is 0.466 e. The van der Waals surface area contributed by atoms with E-state index in [0.29, 0.717) is 30.6 Å². The van der Waals surface area contributed by atoms with Gasteiger partial charge in [0.1, 0.15) is 5.78 Å². The molecule has 0 heterocycles. The number of carbonyl (C=O) groups excluding carboxylic acids is 2. The van der Waals surface area contributed by atoms with Crippen molar-refractivity contribution in [1.29, 1.82) is 0 Å². The van der Waals surface area contributed by atoms with Gasteiger partial charge in [0.05, 0.1) is 6.61 Å². The second-order valence-electron chi connectivity index (χ2n) is 5.70. The van der Waals surface area contributed by atoms with Gasteiger partial charge in [-0.2, -0.15) is 0 Å². The van der Waals surface area contributed by atoms with Crippen LogP contribution in [0.3, 0.4) is 0 Å². The minimum absolute atomic E-state index is 0.0846. The summed E-state index contributed by atoms with van der Waals surface area (Å²) in [5, 5.41) is 0. The van der Waals surface area contributed by atoms with Gasteiger partial charge in [-0.05, 0) is 38.5 Å². The van der Waals surface area contributed by atoms with Gasteiger partial charge in [-0.3, -0.25) is 9.59 Å². The molecule has 0 bridgehead atoms. The third kappa shape index (κ3) is 6.22. The third-order valence-electron chi connectivity index (χ3n) is 4.13. The Morgan fingerprint density at radius 1 is 1.26 bits per heavy atom. The summed E-state index contributed by atoms with van der Waals surface area (Å²) in [4.78, 5) is 23.0. The van der Waals surface area contributed by atoms with E-state index in [1.54, 1.807) is 0 Å². The van der Waals surface area contributed by atoms with Crippen molar-refractivity contribution >= 4 is 11.8 Å². The standard InChI is InChI=1S/C16H28O3/c1-3-19-16(18)12-7-5-4-6-10-14-13(2)9-8-11-15(14)17/h13-14H,3-12H2,1-2H3/t13-,14-/m0/s1. The van der Waals surface area contributed by atoms with Crippen LogP contribution in [0.1, 0.15) is 71.6 Å². The van der Waals surface area contributed by atoms with Gasteiger partial charge in [0, 0.05) is 18.8 Å². The molecule has 2 atom stereocenters. The van der Waals surface area contributed by atoms with Gasteiger partial charge in [-0.25, -0.2) is 0 Å². The average Bonchev–Trinajstić information content (AvgIpc) is 2.36. The molecule has 0 amide bonds. The Hall–Kier alpha value is -0.860. The Bertz CT molecular complexity index is 286. The lowest BCUT2D eigenvalue weighted by molar-refractivity contribution is -0.143. The monoisotopic (exact) mass is 268 g/mol. The normalized spacial score (nSPS) is 23.4. The zero-order valence-corrected chi connectivity index (χ0v) is 12.5. The minimum Gasteiger partial charge on any atom is -0.466 e. The SMILES string of the molecule is CCOC(=O)CCCCCC[C@@H]1C(=O)CCC[C@@H]1C. The van der Waals surface area contributed by atoms with E-state index in [4.69, 9.17) is 4.74 Å². The van der Waals surface area contributed by atoms with Crippen LogP contribution in [0.5, 0.6) is 0 Å². The summed E-state index contributed by atoms with van der Waals surface area (Å²) in [6, 6.07) is 0. The molecule has 1 aliphatic carbocycles. The fraction of sp³-hybridized carbons (Fsp3) is 0.875. The number of hydrogen-bond acceptors (Lipinski definition) is 3. The summed E-state index contributed by atoms with van der Waals surface area (Å²) in [7, 11) is 0. The van der Waals surface area contributed by atoms with Crippen LogP contribution in [0.15, 0.2) is 0 Å². The summed E-state index contributed by atoms with van der Waals surface area (Å²) < 4.78 is 4.89. The minimum atomic E-state index is -0.0846. The number of Topliss-reactive ketones (excluding diaryl/α,β-unsaturated/α-hetero) is 1. The Morgan fingerprint density at radius 2 is 2.00 bits per heavy atom. The summed E-state index contributed by atoms with van der Waals surface area (Å²) in [5.41, 5.74) is 0. The maximum absolute atomic E-state index is 11.8. The summed E-state index contributed by atoms with van der Waals surface area (Å²) in [5.74, 6) is 1.27. The van der Waals surface area contributed by atoms with Gasteiger partial charge in [-0.15, -0.1) is 0 Å². The number of carbonyl (C=O) groups is 2. The van der Waals surface area contributed by atoms with E-state index in [0.717, 1.165) is 44.9 Å². The smallest absolute Gasteiger partial charge is 0.305 e. The first-order valence-corrected chi connectivity index (χ1v) is 7.83. The van der Waals surface area contributed by atoms with Gasteiger partial charge in [0.2, 0.25) is 0 Å². The van der Waals surface area contributed by atoms with Gasteiger partial charge >= 0.3 is 5.97 Å². The Labute approximate surface area is 117 Å². The van der Waals surface area contributed by atoms with Crippen molar-refractivity contribution in [1.82, 2.24) is 0 Å². The van der Waals surface area contributed by atoms with Gasteiger partial charge in [0.25, 0.3) is 0 Å². The van der Waals surface area contributed by atoms with Crippen molar-refractivity contribution in [3.63, 3.8) is 0 Å². The van der Waals surface area contributed by atoms with E-state index in [1.807, 2.05) is 6.92 Å². The molecule has 0 aromatic carbocycles. The molecule has 0 aliphatic heterocycles. The number of hydrogen-bond donors (Lipinski definition) is 0. The summed E-state index contributed by atoms with van der Waals surface area (Å²) >= 11 is 0. The molecule has 19 heavy (non-hydrogen) atoms. The lowest BCUT2D eigenvalue weighted by atomic mass is 9.77. The summed E-state index contributed by atoms with van der Waals surface area (Å²) in [6.45, 7) is 4.52.